The Morgan fingerprint density at radius 2 is 1.78 bits per heavy atom. The van der Waals surface area contributed by atoms with Crippen LogP contribution >= 0.6 is 11.3 Å². The molecule has 0 aliphatic carbocycles. The first-order valence-corrected chi connectivity index (χ1v) is 8.64. The molecule has 1 aromatic heterocycles. The summed E-state index contributed by atoms with van der Waals surface area (Å²) in [7, 11) is 1.79. The Morgan fingerprint density at radius 1 is 1.09 bits per heavy atom. The van der Waals surface area contributed by atoms with Crippen LogP contribution in [0.4, 0.5) is 0 Å². The van der Waals surface area contributed by atoms with Gasteiger partial charge in [0.05, 0.1) is 12.6 Å². The zero-order chi connectivity index (χ0) is 16.7. The van der Waals surface area contributed by atoms with Crippen LogP contribution in [-0.2, 0) is 13.1 Å². The molecule has 0 saturated carbocycles. The zero-order valence-corrected chi connectivity index (χ0v) is 15.0. The van der Waals surface area contributed by atoms with Gasteiger partial charge >= 0.3 is 0 Å². The van der Waals surface area contributed by atoms with E-state index in [1.807, 2.05) is 26.0 Å². The summed E-state index contributed by atoms with van der Waals surface area (Å²) in [5, 5.41) is 6.66. The molecule has 2 N–H and O–H groups in total. The van der Waals surface area contributed by atoms with Crippen molar-refractivity contribution in [1.82, 2.24) is 10.6 Å². The molecule has 0 unspecified atom stereocenters. The van der Waals surface area contributed by atoms with Crippen molar-refractivity contribution in [3.8, 4) is 5.75 Å². The Labute approximate surface area is 142 Å². The first-order chi connectivity index (χ1) is 11.1. The molecule has 0 spiro atoms. The monoisotopic (exact) mass is 331 g/mol. The van der Waals surface area contributed by atoms with Crippen molar-refractivity contribution in [1.29, 1.82) is 0 Å². The van der Waals surface area contributed by atoms with Crippen LogP contribution in [0.15, 0.2) is 41.4 Å². The molecular formula is C18H25N3OS. The third kappa shape index (κ3) is 5.94. The van der Waals surface area contributed by atoms with E-state index in [1.54, 1.807) is 18.4 Å². The van der Waals surface area contributed by atoms with Crippen LogP contribution in [0.25, 0.3) is 0 Å². The maximum absolute atomic E-state index is 5.65. The van der Waals surface area contributed by atoms with E-state index in [4.69, 9.17) is 4.74 Å². The van der Waals surface area contributed by atoms with Crippen molar-refractivity contribution in [2.24, 2.45) is 4.99 Å². The SMILES string of the molecule is CN=C(NCc1ccc(OC(C)C)cc1)NCc1ccc(C)s1. The molecule has 0 atom stereocenters. The predicted octanol–water partition coefficient (Wildman–Crippen LogP) is 3.71. The Morgan fingerprint density at radius 3 is 2.35 bits per heavy atom. The number of nitrogens with zero attached hydrogens (tertiary/aromatic N) is 1. The van der Waals surface area contributed by atoms with Gasteiger partial charge in [-0.25, -0.2) is 0 Å². The lowest BCUT2D eigenvalue weighted by atomic mass is 10.2. The molecule has 0 aliphatic rings. The van der Waals surface area contributed by atoms with Crippen LogP contribution in [0.3, 0.4) is 0 Å². The van der Waals surface area contributed by atoms with Crippen LogP contribution in [0.1, 0.15) is 29.2 Å². The standard InChI is InChI=1S/C18H25N3OS/c1-13(2)22-16-8-6-15(7-9-16)11-20-18(19-4)21-12-17-10-5-14(3)23-17/h5-10,13H,11-12H2,1-4H3,(H2,19,20,21). The minimum atomic E-state index is 0.197. The van der Waals surface area contributed by atoms with Gasteiger partial charge in [0.1, 0.15) is 5.75 Å². The van der Waals surface area contributed by atoms with Crippen LogP contribution in [0.2, 0.25) is 0 Å². The van der Waals surface area contributed by atoms with Crippen molar-refractivity contribution in [2.45, 2.75) is 40.0 Å². The Kier molecular flexibility index (Phi) is 6.47. The van der Waals surface area contributed by atoms with Crippen LogP contribution in [0, 0.1) is 6.92 Å². The average Bonchev–Trinajstić information content (AvgIpc) is 2.94. The van der Waals surface area contributed by atoms with E-state index in [2.05, 4.69) is 46.8 Å². The van der Waals surface area contributed by atoms with Gasteiger partial charge in [-0.3, -0.25) is 4.99 Å². The molecule has 5 heteroatoms. The number of aryl methyl sites for hydroxylation is 1. The van der Waals surface area contributed by atoms with Crippen LogP contribution in [-0.4, -0.2) is 19.1 Å². The lowest BCUT2D eigenvalue weighted by Crippen LogP contribution is -2.36. The molecule has 2 rings (SSSR count). The Hall–Kier alpha value is -2.01. The molecule has 0 fully saturated rings. The first kappa shape index (κ1) is 17.3. The van der Waals surface area contributed by atoms with Gasteiger partial charge in [-0.05, 0) is 50.6 Å². The molecule has 23 heavy (non-hydrogen) atoms. The van der Waals surface area contributed by atoms with E-state index in [0.717, 1.165) is 24.8 Å². The van der Waals surface area contributed by atoms with E-state index < -0.39 is 0 Å². The van der Waals surface area contributed by atoms with Crippen molar-refractivity contribution >= 4 is 17.3 Å². The van der Waals surface area contributed by atoms with Gasteiger partial charge in [-0.1, -0.05) is 12.1 Å². The molecule has 0 aliphatic heterocycles. The van der Waals surface area contributed by atoms with Gasteiger partial charge in [0.25, 0.3) is 0 Å². The predicted molar refractivity (Wildman–Crippen MR) is 98.3 cm³/mol. The first-order valence-electron chi connectivity index (χ1n) is 7.82. The number of nitrogens with one attached hydrogen (secondary N) is 2. The van der Waals surface area contributed by atoms with E-state index in [-0.39, 0.29) is 6.10 Å². The number of aliphatic imine (C=N–C) groups is 1. The zero-order valence-electron chi connectivity index (χ0n) is 14.2. The molecule has 0 radical (unpaired) electrons. The summed E-state index contributed by atoms with van der Waals surface area (Å²) in [6, 6.07) is 12.4. The van der Waals surface area contributed by atoms with E-state index in [9.17, 15) is 0 Å². The summed E-state index contributed by atoms with van der Waals surface area (Å²) >= 11 is 1.80. The van der Waals surface area contributed by atoms with Gasteiger partial charge in [0.2, 0.25) is 0 Å². The second-order valence-corrected chi connectivity index (χ2v) is 6.97. The molecule has 124 valence electrons. The van der Waals surface area contributed by atoms with Crippen molar-refractivity contribution < 1.29 is 4.74 Å². The molecule has 1 heterocycles. The highest BCUT2D eigenvalue weighted by molar-refractivity contribution is 7.11. The highest BCUT2D eigenvalue weighted by Crippen LogP contribution is 2.15. The molecule has 2 aromatic rings. The summed E-state index contributed by atoms with van der Waals surface area (Å²) in [5.74, 6) is 1.71. The van der Waals surface area contributed by atoms with E-state index in [1.165, 1.54) is 15.3 Å². The Bertz CT molecular complexity index is 632. The maximum atomic E-state index is 5.65. The highest BCUT2D eigenvalue weighted by atomic mass is 32.1. The molecule has 1 aromatic carbocycles. The fourth-order valence-electron chi connectivity index (χ4n) is 2.12. The molecular weight excluding hydrogens is 306 g/mol. The third-order valence-corrected chi connectivity index (χ3v) is 4.21. The number of rotatable bonds is 6. The summed E-state index contributed by atoms with van der Waals surface area (Å²) in [5.41, 5.74) is 1.19. The highest BCUT2D eigenvalue weighted by Gasteiger charge is 2.02. The van der Waals surface area contributed by atoms with E-state index in [0.29, 0.717) is 0 Å². The van der Waals surface area contributed by atoms with Crippen molar-refractivity contribution in [3.63, 3.8) is 0 Å². The van der Waals surface area contributed by atoms with E-state index >= 15 is 0 Å². The number of guanidine groups is 1. The normalized spacial score (nSPS) is 11.6. The largest absolute Gasteiger partial charge is 0.491 e. The fraction of sp³-hybridized carbons (Fsp3) is 0.389. The number of hydrogen-bond acceptors (Lipinski definition) is 3. The third-order valence-electron chi connectivity index (χ3n) is 3.20. The molecule has 0 bridgehead atoms. The molecule has 0 saturated heterocycles. The topological polar surface area (TPSA) is 45.7 Å². The smallest absolute Gasteiger partial charge is 0.191 e. The number of hydrogen-bond donors (Lipinski definition) is 2. The number of thiophene rings is 1. The van der Waals surface area contributed by atoms with Crippen molar-refractivity contribution in [2.75, 3.05) is 7.05 Å². The average molecular weight is 331 g/mol. The van der Waals surface area contributed by atoms with Gasteiger partial charge < -0.3 is 15.4 Å². The lowest BCUT2D eigenvalue weighted by molar-refractivity contribution is 0.242. The van der Waals surface area contributed by atoms with Gasteiger partial charge in [-0.2, -0.15) is 0 Å². The summed E-state index contributed by atoms with van der Waals surface area (Å²) in [6.07, 6.45) is 0.197. The maximum Gasteiger partial charge on any atom is 0.191 e. The summed E-state index contributed by atoms with van der Waals surface area (Å²) in [6.45, 7) is 7.69. The number of benzene rings is 1. The Balaban J connectivity index is 1.80. The minimum Gasteiger partial charge on any atom is -0.491 e. The van der Waals surface area contributed by atoms with Gasteiger partial charge in [0, 0.05) is 23.3 Å². The molecule has 0 amide bonds. The second kappa shape index (κ2) is 8.58. The number of ether oxygens (including phenoxy) is 1. The van der Waals surface area contributed by atoms with Gasteiger partial charge in [-0.15, -0.1) is 11.3 Å². The molecule has 4 nitrogen and oxygen atoms in total. The summed E-state index contributed by atoms with van der Waals surface area (Å²) in [4.78, 5) is 6.89. The van der Waals surface area contributed by atoms with Gasteiger partial charge in [0.15, 0.2) is 5.96 Å². The van der Waals surface area contributed by atoms with Crippen LogP contribution in [0.5, 0.6) is 5.75 Å². The van der Waals surface area contributed by atoms with Crippen molar-refractivity contribution in [3.05, 3.63) is 51.7 Å². The quantitative estimate of drug-likeness (QED) is 0.626. The lowest BCUT2D eigenvalue weighted by Gasteiger charge is -2.12. The minimum absolute atomic E-state index is 0.197. The fourth-order valence-corrected chi connectivity index (χ4v) is 2.95. The summed E-state index contributed by atoms with van der Waals surface area (Å²) < 4.78 is 5.65. The second-order valence-electron chi connectivity index (χ2n) is 5.60. The van der Waals surface area contributed by atoms with Crippen LogP contribution < -0.4 is 15.4 Å².